The number of aryl methyl sites for hydroxylation is 1. The summed E-state index contributed by atoms with van der Waals surface area (Å²) < 4.78 is 22.3. The number of halogens is 1. The minimum Gasteiger partial charge on any atom is -0.387 e. The lowest BCUT2D eigenvalue weighted by Crippen LogP contribution is -2.25. The van der Waals surface area contributed by atoms with E-state index in [4.69, 9.17) is 15.7 Å². The highest BCUT2D eigenvalue weighted by atomic mass is 35.5. The van der Waals surface area contributed by atoms with Crippen LogP contribution in [-0.2, 0) is 6.54 Å². The molecule has 1 N–H and O–H groups in total. The Labute approximate surface area is 95.9 Å². The molecule has 0 aliphatic carbocycles. The van der Waals surface area contributed by atoms with E-state index in [-0.39, 0.29) is 12.4 Å². The van der Waals surface area contributed by atoms with Crippen LogP contribution in [0.2, 0.25) is 0 Å². The molecule has 0 aliphatic heterocycles. The Morgan fingerprint density at radius 2 is 2.60 bits per heavy atom. The van der Waals surface area contributed by atoms with E-state index < -0.39 is 23.3 Å². The van der Waals surface area contributed by atoms with Crippen molar-refractivity contribution in [1.82, 2.24) is 9.55 Å². The van der Waals surface area contributed by atoms with Crippen molar-refractivity contribution in [3.63, 3.8) is 0 Å². The van der Waals surface area contributed by atoms with E-state index in [1.165, 1.54) is 6.92 Å². The quantitative estimate of drug-likeness (QED) is 0.482. The van der Waals surface area contributed by atoms with Crippen LogP contribution in [0, 0.1) is 17.0 Å². The van der Waals surface area contributed by atoms with Crippen LogP contribution in [0.3, 0.4) is 0 Å². The normalized spacial score (nSPS) is 18.7. The van der Waals surface area contributed by atoms with Crippen LogP contribution in [0.4, 0.5) is 5.82 Å². The van der Waals surface area contributed by atoms with E-state index in [2.05, 4.69) is 4.98 Å². The molecule has 0 fully saturated rings. The van der Waals surface area contributed by atoms with Gasteiger partial charge >= 0.3 is 5.82 Å². The molecule has 1 heterocycles. The van der Waals surface area contributed by atoms with E-state index in [1.807, 2.05) is 0 Å². The molecule has 7 heteroatoms. The molecule has 0 aliphatic rings. The number of hydrogen-bond donors (Lipinski definition) is 1. The minimum absolute atomic E-state index is 0.297. The van der Waals surface area contributed by atoms with Gasteiger partial charge in [-0.2, -0.15) is 0 Å². The maximum atomic E-state index is 10.7. The third kappa shape index (κ3) is 2.66. The maximum Gasteiger partial charge on any atom is 0.342 e. The molecular formula is C8H12ClN3O3. The average molecular weight is 237 g/mol. The summed E-state index contributed by atoms with van der Waals surface area (Å²) in [6.45, 7) is -1.32. The van der Waals surface area contributed by atoms with Gasteiger partial charge in [-0.15, -0.1) is 11.6 Å². The number of alkyl halides is 1. The van der Waals surface area contributed by atoms with Gasteiger partial charge in [-0.25, -0.2) is 9.55 Å². The summed E-state index contributed by atoms with van der Waals surface area (Å²) in [5.74, 6) is -0.0175. The molecule has 15 heavy (non-hydrogen) atoms. The molecule has 0 bridgehead atoms. The van der Waals surface area contributed by atoms with E-state index in [0.29, 0.717) is 5.82 Å². The molecule has 1 aromatic rings. The van der Waals surface area contributed by atoms with E-state index in [0.717, 1.165) is 10.8 Å². The first-order valence-corrected chi connectivity index (χ1v) is 4.57. The molecule has 0 aromatic carbocycles. The largest absolute Gasteiger partial charge is 0.387 e. The number of rotatable bonds is 4. The zero-order valence-corrected chi connectivity index (χ0v) is 8.68. The first-order valence-electron chi connectivity index (χ1n) is 5.63. The lowest BCUT2D eigenvalue weighted by atomic mass is 10.2. The Morgan fingerprint density at radius 3 is 3.13 bits per heavy atom. The Bertz CT molecular complexity index is 449. The van der Waals surface area contributed by atoms with Gasteiger partial charge in [0.05, 0.1) is 5.38 Å². The van der Waals surface area contributed by atoms with Crippen molar-refractivity contribution < 1.29 is 14.1 Å². The summed E-state index contributed by atoms with van der Waals surface area (Å²) in [6.07, 6.45) is -0.397. The third-order valence-electron chi connectivity index (χ3n) is 1.93. The van der Waals surface area contributed by atoms with Crippen molar-refractivity contribution in [3.8, 4) is 0 Å². The van der Waals surface area contributed by atoms with Gasteiger partial charge in [0.2, 0.25) is 0 Å². The predicted molar refractivity (Wildman–Crippen MR) is 54.9 cm³/mol. The van der Waals surface area contributed by atoms with Crippen LogP contribution in [0.25, 0.3) is 0 Å². The van der Waals surface area contributed by atoms with Crippen molar-refractivity contribution in [2.75, 3.05) is 0 Å². The Balaban J connectivity index is 2.91. The van der Waals surface area contributed by atoms with Crippen molar-refractivity contribution in [2.45, 2.75) is 31.8 Å². The molecule has 0 amide bonds. The lowest BCUT2D eigenvalue weighted by molar-refractivity contribution is -0.392. The minimum atomic E-state index is -2.54. The Morgan fingerprint density at radius 1 is 1.93 bits per heavy atom. The second-order valence-corrected chi connectivity index (χ2v) is 3.47. The zero-order valence-electron chi connectivity index (χ0n) is 10.9. The fraction of sp³-hybridized carbons (Fsp3) is 0.625. The summed E-state index contributed by atoms with van der Waals surface area (Å²) in [5, 5.41) is 18.9. The molecule has 1 aromatic heterocycles. The molecule has 2 unspecified atom stereocenters. The molecule has 0 saturated heterocycles. The molecule has 0 radical (unpaired) electrons. The molecule has 0 saturated carbocycles. The van der Waals surface area contributed by atoms with Crippen LogP contribution in [0.5, 0.6) is 0 Å². The van der Waals surface area contributed by atoms with Gasteiger partial charge in [0.25, 0.3) is 0 Å². The standard InChI is InChI=1S/C8H12ClN3O3/c1-5(9)7(13)4-11-6(2)10-3-8(11)12(14)15/h3,5,7,13H,4H2,1-2H3/i1D3. The van der Waals surface area contributed by atoms with E-state index >= 15 is 0 Å². The maximum absolute atomic E-state index is 10.7. The number of hydrogen-bond acceptors (Lipinski definition) is 4. The molecule has 6 nitrogen and oxygen atoms in total. The lowest BCUT2D eigenvalue weighted by Gasteiger charge is -2.11. The molecule has 2 atom stereocenters. The number of aliphatic hydroxyl groups excluding tert-OH is 1. The van der Waals surface area contributed by atoms with Gasteiger partial charge in [-0.1, -0.05) is 0 Å². The second kappa shape index (κ2) is 4.59. The van der Waals surface area contributed by atoms with Crippen molar-refractivity contribution >= 4 is 17.4 Å². The highest BCUT2D eigenvalue weighted by Crippen LogP contribution is 2.15. The van der Waals surface area contributed by atoms with Crippen molar-refractivity contribution in [3.05, 3.63) is 22.1 Å². The summed E-state index contributed by atoms with van der Waals surface area (Å²) in [6, 6.07) is 0. The van der Waals surface area contributed by atoms with Gasteiger partial charge in [0, 0.05) is 11.0 Å². The summed E-state index contributed by atoms with van der Waals surface area (Å²) in [7, 11) is 0. The van der Waals surface area contributed by atoms with E-state index in [1.54, 1.807) is 0 Å². The molecular weight excluding hydrogens is 222 g/mol. The van der Waals surface area contributed by atoms with Crippen LogP contribution in [0.1, 0.15) is 16.8 Å². The number of aromatic nitrogens is 2. The second-order valence-electron chi connectivity index (χ2n) is 3.00. The predicted octanol–water partition coefficient (Wildman–Crippen LogP) is 1.09. The van der Waals surface area contributed by atoms with Crippen molar-refractivity contribution in [1.29, 1.82) is 0 Å². The van der Waals surface area contributed by atoms with Crippen LogP contribution < -0.4 is 0 Å². The topological polar surface area (TPSA) is 81.2 Å². The number of imidazole rings is 1. The molecule has 0 spiro atoms. The highest BCUT2D eigenvalue weighted by molar-refractivity contribution is 6.20. The first-order chi connectivity index (χ1) is 8.14. The van der Waals surface area contributed by atoms with Crippen molar-refractivity contribution in [2.24, 2.45) is 0 Å². The fourth-order valence-electron chi connectivity index (χ4n) is 1.11. The highest BCUT2D eigenvalue weighted by Gasteiger charge is 2.22. The Hall–Kier alpha value is -1.14. The number of nitrogens with zero attached hydrogens (tertiary/aromatic N) is 3. The average Bonchev–Trinajstić information content (AvgIpc) is 2.58. The zero-order chi connectivity index (χ0) is 14.1. The summed E-state index contributed by atoms with van der Waals surface area (Å²) in [5.41, 5.74) is 0. The SMILES string of the molecule is [2H]C([2H])([2H])C(Cl)C(O)Cn1c([N+](=O)[O-])cnc1C. The van der Waals surface area contributed by atoms with E-state index in [9.17, 15) is 15.2 Å². The molecule has 1 rings (SSSR count). The monoisotopic (exact) mass is 236 g/mol. The smallest absolute Gasteiger partial charge is 0.342 e. The molecule has 84 valence electrons. The first kappa shape index (κ1) is 8.06. The van der Waals surface area contributed by atoms with Gasteiger partial charge in [0.15, 0.2) is 5.82 Å². The van der Waals surface area contributed by atoms with Crippen LogP contribution in [-0.4, -0.2) is 31.1 Å². The summed E-state index contributed by atoms with van der Waals surface area (Å²) >= 11 is 5.59. The van der Waals surface area contributed by atoms with Crippen LogP contribution in [0.15, 0.2) is 6.20 Å². The van der Waals surface area contributed by atoms with Gasteiger partial charge in [-0.05, 0) is 11.8 Å². The fourth-order valence-corrected chi connectivity index (χ4v) is 1.19. The summed E-state index contributed by atoms with van der Waals surface area (Å²) in [4.78, 5) is 13.8. The number of aliphatic hydroxyl groups is 1. The third-order valence-corrected chi connectivity index (χ3v) is 2.22. The van der Waals surface area contributed by atoms with Gasteiger partial charge in [0.1, 0.15) is 18.8 Å². The number of nitro groups is 1. The van der Waals surface area contributed by atoms with Crippen LogP contribution >= 0.6 is 11.6 Å². The van der Waals surface area contributed by atoms with Gasteiger partial charge < -0.3 is 15.2 Å². The van der Waals surface area contributed by atoms with Gasteiger partial charge in [-0.3, -0.25) is 0 Å². The Kier molecular flexibility index (Phi) is 2.47.